The fraction of sp³-hybridized carbons (Fsp3) is 0.200. The minimum absolute atomic E-state index is 0. The van der Waals surface area contributed by atoms with E-state index in [1.807, 2.05) is 36.4 Å². The van der Waals surface area contributed by atoms with Gasteiger partial charge in [0, 0.05) is 24.5 Å². The van der Waals surface area contributed by atoms with E-state index in [2.05, 4.69) is 44.2 Å². The zero-order chi connectivity index (χ0) is 18.2. The Bertz CT molecular complexity index is 867. The lowest BCUT2D eigenvalue weighted by Gasteiger charge is -2.11. The van der Waals surface area contributed by atoms with Gasteiger partial charge in [-0.2, -0.15) is 0 Å². The molecular weight excluding hydrogens is 471 g/mol. The molecule has 3 aromatic rings. The molecule has 7 heteroatoms. The zero-order valence-electron chi connectivity index (χ0n) is 15.3. The number of aliphatic imine (C=N–C) groups is 1. The van der Waals surface area contributed by atoms with Crippen LogP contribution in [0.2, 0.25) is 0 Å². The lowest BCUT2D eigenvalue weighted by atomic mass is 10.2. The summed E-state index contributed by atoms with van der Waals surface area (Å²) in [6, 6.07) is 18.2. The fourth-order valence-corrected chi connectivity index (χ4v) is 3.29. The van der Waals surface area contributed by atoms with Crippen molar-refractivity contribution in [3.63, 3.8) is 0 Å². The Morgan fingerprint density at radius 3 is 2.59 bits per heavy atom. The van der Waals surface area contributed by atoms with E-state index in [1.165, 1.54) is 0 Å². The average molecular weight is 494 g/mol. The maximum Gasteiger partial charge on any atom is 0.191 e. The van der Waals surface area contributed by atoms with Gasteiger partial charge in [0.2, 0.25) is 0 Å². The van der Waals surface area contributed by atoms with E-state index >= 15 is 0 Å². The molecule has 27 heavy (non-hydrogen) atoms. The number of hydrogen-bond acceptors (Lipinski definition) is 4. The van der Waals surface area contributed by atoms with Crippen LogP contribution in [0.4, 0.5) is 0 Å². The number of methoxy groups -OCH3 is 1. The summed E-state index contributed by atoms with van der Waals surface area (Å²) in [4.78, 5) is 8.95. The largest absolute Gasteiger partial charge is 0.497 e. The smallest absolute Gasteiger partial charge is 0.191 e. The van der Waals surface area contributed by atoms with Gasteiger partial charge in [-0.3, -0.25) is 4.99 Å². The number of benzene rings is 2. The molecule has 0 saturated heterocycles. The van der Waals surface area contributed by atoms with E-state index < -0.39 is 0 Å². The Morgan fingerprint density at radius 1 is 1.07 bits per heavy atom. The van der Waals surface area contributed by atoms with E-state index in [0.717, 1.165) is 33.5 Å². The van der Waals surface area contributed by atoms with E-state index in [4.69, 9.17) is 4.74 Å². The molecule has 5 nitrogen and oxygen atoms in total. The second-order valence-electron chi connectivity index (χ2n) is 5.64. The molecule has 3 rings (SSSR count). The highest BCUT2D eigenvalue weighted by molar-refractivity contribution is 14.0. The summed E-state index contributed by atoms with van der Waals surface area (Å²) in [5.41, 5.74) is 3.27. The van der Waals surface area contributed by atoms with Gasteiger partial charge in [0.05, 0.1) is 19.3 Å². The van der Waals surface area contributed by atoms with Gasteiger partial charge < -0.3 is 15.4 Å². The summed E-state index contributed by atoms with van der Waals surface area (Å²) in [5.74, 6) is 1.59. The van der Waals surface area contributed by atoms with Gasteiger partial charge in [-0.25, -0.2) is 4.98 Å². The van der Waals surface area contributed by atoms with Crippen LogP contribution < -0.4 is 15.4 Å². The first-order chi connectivity index (χ1) is 12.8. The maximum atomic E-state index is 5.25. The van der Waals surface area contributed by atoms with Crippen molar-refractivity contribution in [1.29, 1.82) is 0 Å². The highest BCUT2D eigenvalue weighted by Crippen LogP contribution is 2.23. The van der Waals surface area contributed by atoms with Crippen LogP contribution >= 0.6 is 35.3 Å². The molecule has 0 aliphatic carbocycles. The quantitative estimate of drug-likeness (QED) is 0.305. The van der Waals surface area contributed by atoms with Crippen LogP contribution in [0.5, 0.6) is 5.75 Å². The number of nitrogens with one attached hydrogen (secondary N) is 2. The van der Waals surface area contributed by atoms with E-state index in [0.29, 0.717) is 13.1 Å². The van der Waals surface area contributed by atoms with E-state index in [1.54, 1.807) is 25.5 Å². The number of nitrogens with zero attached hydrogens (tertiary/aromatic N) is 2. The van der Waals surface area contributed by atoms with Gasteiger partial charge >= 0.3 is 0 Å². The molecule has 1 aromatic heterocycles. The van der Waals surface area contributed by atoms with Crippen molar-refractivity contribution in [2.24, 2.45) is 4.99 Å². The number of halogens is 1. The van der Waals surface area contributed by atoms with E-state index in [9.17, 15) is 0 Å². The summed E-state index contributed by atoms with van der Waals surface area (Å²) in [6.07, 6.45) is 0. The monoisotopic (exact) mass is 494 g/mol. The standard InChI is InChI=1S/C20H22N4OS.HI/c1-21-20(22-12-15-7-6-10-18(11-15)25-2)23-13-17-14-26-19(24-17)16-8-4-3-5-9-16;/h3-11,14H,12-13H2,1-2H3,(H2,21,22,23);1H. The normalized spacial score (nSPS) is 10.8. The summed E-state index contributed by atoms with van der Waals surface area (Å²) < 4.78 is 5.25. The molecule has 0 spiro atoms. The van der Waals surface area contributed by atoms with Crippen molar-refractivity contribution in [3.05, 3.63) is 71.2 Å². The number of rotatable bonds is 6. The number of aromatic nitrogens is 1. The molecule has 0 fully saturated rings. The summed E-state index contributed by atoms with van der Waals surface area (Å²) in [7, 11) is 3.43. The molecule has 142 valence electrons. The third-order valence-electron chi connectivity index (χ3n) is 3.83. The van der Waals surface area contributed by atoms with Crippen LogP contribution in [-0.2, 0) is 13.1 Å². The van der Waals surface area contributed by atoms with Crippen LogP contribution in [0.15, 0.2) is 65.0 Å². The van der Waals surface area contributed by atoms with Crippen LogP contribution in [0, 0.1) is 0 Å². The van der Waals surface area contributed by atoms with E-state index in [-0.39, 0.29) is 24.0 Å². The SMILES string of the molecule is CN=C(NCc1cccc(OC)c1)NCc1csc(-c2ccccc2)n1.I. The van der Waals surface area contributed by atoms with Gasteiger partial charge in [-0.1, -0.05) is 42.5 Å². The fourth-order valence-electron chi connectivity index (χ4n) is 2.46. The van der Waals surface area contributed by atoms with Crippen molar-refractivity contribution in [3.8, 4) is 16.3 Å². The van der Waals surface area contributed by atoms with Gasteiger partial charge in [-0.15, -0.1) is 35.3 Å². The van der Waals surface area contributed by atoms with Crippen LogP contribution in [0.25, 0.3) is 10.6 Å². The second kappa shape index (κ2) is 10.9. The van der Waals surface area contributed by atoms with Crippen molar-refractivity contribution in [1.82, 2.24) is 15.6 Å². The Morgan fingerprint density at radius 2 is 1.85 bits per heavy atom. The van der Waals surface area contributed by atoms with Crippen molar-refractivity contribution >= 4 is 41.3 Å². The molecular formula is C20H23IN4OS. The molecule has 0 aliphatic heterocycles. The lowest BCUT2D eigenvalue weighted by molar-refractivity contribution is 0.414. The summed E-state index contributed by atoms with van der Waals surface area (Å²) in [5, 5.41) is 9.71. The summed E-state index contributed by atoms with van der Waals surface area (Å²) >= 11 is 1.65. The van der Waals surface area contributed by atoms with Crippen LogP contribution in [-0.4, -0.2) is 25.1 Å². The Balaban J connectivity index is 0.00000261. The van der Waals surface area contributed by atoms with Crippen molar-refractivity contribution < 1.29 is 4.74 Å². The number of thiazole rings is 1. The zero-order valence-corrected chi connectivity index (χ0v) is 18.5. The van der Waals surface area contributed by atoms with Crippen LogP contribution in [0.3, 0.4) is 0 Å². The highest BCUT2D eigenvalue weighted by Gasteiger charge is 2.05. The third kappa shape index (κ3) is 6.21. The average Bonchev–Trinajstić information content (AvgIpc) is 3.18. The Labute approximate surface area is 180 Å². The molecule has 0 radical (unpaired) electrons. The highest BCUT2D eigenvalue weighted by atomic mass is 127. The molecule has 0 saturated carbocycles. The van der Waals surface area contributed by atoms with Crippen LogP contribution in [0.1, 0.15) is 11.3 Å². The molecule has 0 amide bonds. The number of ether oxygens (including phenoxy) is 1. The Kier molecular flexibility index (Phi) is 8.53. The van der Waals surface area contributed by atoms with Gasteiger partial charge in [0.15, 0.2) is 5.96 Å². The van der Waals surface area contributed by atoms with Gasteiger partial charge in [-0.05, 0) is 17.7 Å². The predicted octanol–water partition coefficient (Wildman–Crippen LogP) is 4.30. The van der Waals surface area contributed by atoms with Crippen molar-refractivity contribution in [2.75, 3.05) is 14.2 Å². The third-order valence-corrected chi connectivity index (χ3v) is 4.77. The molecule has 2 N–H and O–H groups in total. The number of hydrogen-bond donors (Lipinski definition) is 2. The molecule has 0 atom stereocenters. The molecule has 0 bridgehead atoms. The molecule has 1 heterocycles. The minimum Gasteiger partial charge on any atom is -0.497 e. The summed E-state index contributed by atoms with van der Waals surface area (Å²) in [6.45, 7) is 1.30. The predicted molar refractivity (Wildman–Crippen MR) is 123 cm³/mol. The molecule has 0 aliphatic rings. The number of guanidine groups is 1. The first-order valence-electron chi connectivity index (χ1n) is 8.36. The second-order valence-corrected chi connectivity index (χ2v) is 6.50. The lowest BCUT2D eigenvalue weighted by Crippen LogP contribution is -2.36. The van der Waals surface area contributed by atoms with Gasteiger partial charge in [0.1, 0.15) is 10.8 Å². The topological polar surface area (TPSA) is 58.5 Å². The van der Waals surface area contributed by atoms with Crippen molar-refractivity contribution in [2.45, 2.75) is 13.1 Å². The maximum absolute atomic E-state index is 5.25. The van der Waals surface area contributed by atoms with Gasteiger partial charge in [0.25, 0.3) is 0 Å². The Hall–Kier alpha value is -2.13. The first-order valence-corrected chi connectivity index (χ1v) is 9.23. The molecule has 2 aromatic carbocycles. The minimum atomic E-state index is 0. The first kappa shape index (κ1) is 21.2. The molecule has 0 unspecified atom stereocenters.